The zero-order valence-electron chi connectivity index (χ0n) is 22.5. The van der Waals surface area contributed by atoms with Gasteiger partial charge in [0.05, 0.1) is 10.6 Å². The highest BCUT2D eigenvalue weighted by molar-refractivity contribution is 9.10. The van der Waals surface area contributed by atoms with E-state index in [1.807, 2.05) is 58.2 Å². The van der Waals surface area contributed by atoms with Crippen LogP contribution in [-0.4, -0.2) is 28.8 Å². The molecule has 1 aliphatic rings. The fourth-order valence-corrected chi connectivity index (χ4v) is 5.00. The summed E-state index contributed by atoms with van der Waals surface area (Å²) in [4.78, 5) is 16.6. The molecule has 0 bridgehead atoms. The molecule has 7 heteroatoms. The van der Waals surface area contributed by atoms with Crippen molar-refractivity contribution in [3.63, 3.8) is 0 Å². The average Bonchev–Trinajstić information content (AvgIpc) is 2.83. The predicted octanol–water partition coefficient (Wildman–Crippen LogP) is 7.25. The molecule has 200 valence electrons. The second-order valence-corrected chi connectivity index (χ2v) is 11.4. The molecule has 1 fully saturated rings. The van der Waals surface area contributed by atoms with E-state index in [2.05, 4.69) is 50.8 Å². The minimum absolute atomic E-state index is 0.0931. The van der Waals surface area contributed by atoms with Gasteiger partial charge in [0, 0.05) is 35.7 Å². The van der Waals surface area contributed by atoms with E-state index in [1.54, 1.807) is 0 Å². The number of amides is 1. The predicted molar refractivity (Wildman–Crippen MR) is 154 cm³/mol. The summed E-state index contributed by atoms with van der Waals surface area (Å²) < 4.78 is 12.6. The quantitative estimate of drug-likeness (QED) is 0.295. The first-order valence-electron chi connectivity index (χ1n) is 13.0. The summed E-state index contributed by atoms with van der Waals surface area (Å²) in [5.74, 6) is 0.799. The van der Waals surface area contributed by atoms with E-state index in [1.165, 1.54) is 5.56 Å². The first-order valence-corrected chi connectivity index (χ1v) is 13.8. The molecule has 0 unspecified atom stereocenters. The summed E-state index contributed by atoms with van der Waals surface area (Å²) in [6.45, 7) is 16.4. The van der Waals surface area contributed by atoms with Gasteiger partial charge in [-0.25, -0.2) is 4.79 Å². The van der Waals surface area contributed by atoms with Crippen LogP contribution < -0.4 is 15.4 Å². The lowest BCUT2D eigenvalue weighted by Gasteiger charge is -2.30. The first-order chi connectivity index (χ1) is 17.6. The molecule has 1 aromatic carbocycles. The van der Waals surface area contributed by atoms with Gasteiger partial charge in [-0.1, -0.05) is 24.8 Å². The number of ether oxygens (including phenoxy) is 2. The number of nitrogens with one attached hydrogen (secondary N) is 2. The van der Waals surface area contributed by atoms with E-state index >= 15 is 0 Å². The minimum atomic E-state index is -0.495. The smallest absolute Gasteiger partial charge is 0.407 e. The number of benzene rings is 1. The van der Waals surface area contributed by atoms with Gasteiger partial charge in [0.25, 0.3) is 0 Å². The SMILES string of the molecule is C=CCCc1cc(C)ncc1CNC(=C)c1cccc(O[C@H]2CC[C@H](NC(=O)OC(C)(C)C)CC2)c1Br. The Bertz CT molecular complexity index is 1100. The van der Waals surface area contributed by atoms with Crippen LogP contribution in [0.1, 0.15) is 75.3 Å². The number of nitrogens with zero attached hydrogens (tertiary/aromatic N) is 1. The molecular weight excluding hydrogens is 530 g/mol. The molecule has 1 aromatic heterocycles. The number of hydrogen-bond acceptors (Lipinski definition) is 5. The summed E-state index contributed by atoms with van der Waals surface area (Å²) >= 11 is 3.74. The van der Waals surface area contributed by atoms with Gasteiger partial charge >= 0.3 is 6.09 Å². The first kappa shape index (κ1) is 28.8. The van der Waals surface area contributed by atoms with Gasteiger partial charge in [0.2, 0.25) is 0 Å². The number of aromatic nitrogens is 1. The van der Waals surface area contributed by atoms with Crippen LogP contribution in [0.2, 0.25) is 0 Å². The Kier molecular flexibility index (Phi) is 10.2. The van der Waals surface area contributed by atoms with Crippen LogP contribution in [0.3, 0.4) is 0 Å². The van der Waals surface area contributed by atoms with Crippen LogP contribution in [0.4, 0.5) is 4.79 Å². The van der Waals surface area contributed by atoms with Crippen molar-refractivity contribution in [2.45, 2.75) is 90.5 Å². The van der Waals surface area contributed by atoms with Crippen LogP contribution >= 0.6 is 15.9 Å². The highest BCUT2D eigenvalue weighted by Crippen LogP contribution is 2.34. The monoisotopic (exact) mass is 569 g/mol. The summed E-state index contributed by atoms with van der Waals surface area (Å²) in [6, 6.07) is 8.25. The van der Waals surface area contributed by atoms with Crippen LogP contribution in [0.5, 0.6) is 5.75 Å². The molecule has 1 aliphatic carbocycles. The number of rotatable bonds is 10. The van der Waals surface area contributed by atoms with E-state index in [0.717, 1.165) is 71.3 Å². The molecule has 2 aromatic rings. The van der Waals surface area contributed by atoms with Crippen molar-refractivity contribution in [1.29, 1.82) is 0 Å². The van der Waals surface area contributed by atoms with Crippen molar-refractivity contribution in [3.8, 4) is 5.75 Å². The van der Waals surface area contributed by atoms with Crippen LogP contribution in [-0.2, 0) is 17.7 Å². The lowest BCUT2D eigenvalue weighted by atomic mass is 9.93. The summed E-state index contributed by atoms with van der Waals surface area (Å²) in [5, 5.41) is 6.45. The third-order valence-corrected chi connectivity index (χ3v) is 7.12. The maximum absolute atomic E-state index is 12.1. The Morgan fingerprint density at radius 3 is 2.62 bits per heavy atom. The van der Waals surface area contributed by atoms with Crippen molar-refractivity contribution in [2.24, 2.45) is 0 Å². The number of alkyl carbamates (subject to hydrolysis) is 1. The third kappa shape index (κ3) is 8.92. The molecule has 3 rings (SSSR count). The van der Waals surface area contributed by atoms with E-state index < -0.39 is 5.60 Å². The normalized spacial score (nSPS) is 17.5. The molecule has 0 spiro atoms. The van der Waals surface area contributed by atoms with Gasteiger partial charge in [-0.05, 0) is 105 Å². The molecule has 0 atom stereocenters. The van der Waals surface area contributed by atoms with Crippen molar-refractivity contribution in [1.82, 2.24) is 15.6 Å². The van der Waals surface area contributed by atoms with E-state index in [0.29, 0.717) is 6.54 Å². The second kappa shape index (κ2) is 13.1. The van der Waals surface area contributed by atoms with Crippen LogP contribution in [0, 0.1) is 6.92 Å². The van der Waals surface area contributed by atoms with Crippen molar-refractivity contribution >= 4 is 27.7 Å². The highest BCUT2D eigenvalue weighted by Gasteiger charge is 2.26. The largest absolute Gasteiger partial charge is 0.489 e. The van der Waals surface area contributed by atoms with Crippen molar-refractivity contribution in [3.05, 3.63) is 76.6 Å². The number of aryl methyl sites for hydroxylation is 2. The molecule has 37 heavy (non-hydrogen) atoms. The van der Waals surface area contributed by atoms with Gasteiger partial charge in [0.1, 0.15) is 11.4 Å². The topological polar surface area (TPSA) is 72.5 Å². The van der Waals surface area contributed by atoms with Crippen LogP contribution in [0.25, 0.3) is 5.70 Å². The Hall–Kier alpha value is -2.80. The van der Waals surface area contributed by atoms with E-state index in [-0.39, 0.29) is 18.2 Å². The van der Waals surface area contributed by atoms with E-state index in [9.17, 15) is 4.79 Å². The van der Waals surface area contributed by atoms with Gasteiger partial charge in [-0.3, -0.25) is 4.98 Å². The fraction of sp³-hybridized carbons (Fsp3) is 0.467. The molecular formula is C30H40BrN3O3. The summed E-state index contributed by atoms with van der Waals surface area (Å²) in [5.41, 5.74) is 4.74. The highest BCUT2D eigenvalue weighted by atomic mass is 79.9. The van der Waals surface area contributed by atoms with Gasteiger partial charge in [-0.2, -0.15) is 0 Å². The summed E-state index contributed by atoms with van der Waals surface area (Å²) in [7, 11) is 0. The van der Waals surface area contributed by atoms with Crippen LogP contribution in [0.15, 0.2) is 54.2 Å². The Balaban J connectivity index is 1.56. The number of carbonyl (C=O) groups excluding carboxylic acids is 1. The minimum Gasteiger partial charge on any atom is -0.489 e. The molecule has 2 N–H and O–H groups in total. The van der Waals surface area contributed by atoms with Gasteiger partial charge in [-0.15, -0.1) is 6.58 Å². The maximum atomic E-state index is 12.1. The van der Waals surface area contributed by atoms with Crippen molar-refractivity contribution in [2.75, 3.05) is 0 Å². The lowest BCUT2D eigenvalue weighted by Crippen LogP contribution is -2.42. The Morgan fingerprint density at radius 2 is 1.95 bits per heavy atom. The average molecular weight is 571 g/mol. The summed E-state index contributed by atoms with van der Waals surface area (Å²) in [6.07, 6.45) is 8.94. The molecule has 0 saturated heterocycles. The molecule has 1 saturated carbocycles. The van der Waals surface area contributed by atoms with E-state index in [4.69, 9.17) is 9.47 Å². The molecule has 1 amide bonds. The number of pyridine rings is 1. The lowest BCUT2D eigenvalue weighted by molar-refractivity contribution is 0.0470. The van der Waals surface area contributed by atoms with Crippen molar-refractivity contribution < 1.29 is 14.3 Å². The Labute approximate surface area is 230 Å². The molecule has 1 heterocycles. The third-order valence-electron chi connectivity index (χ3n) is 6.31. The number of allylic oxidation sites excluding steroid dienone is 1. The number of carbonyl (C=O) groups is 1. The Morgan fingerprint density at radius 1 is 1.22 bits per heavy atom. The number of halogens is 1. The zero-order chi connectivity index (χ0) is 27.0. The molecule has 0 radical (unpaired) electrons. The zero-order valence-corrected chi connectivity index (χ0v) is 24.1. The molecule has 0 aliphatic heterocycles. The molecule has 6 nitrogen and oxygen atoms in total. The van der Waals surface area contributed by atoms with Gasteiger partial charge < -0.3 is 20.1 Å². The maximum Gasteiger partial charge on any atom is 0.407 e. The fourth-order valence-electron chi connectivity index (χ4n) is 4.41. The standard InChI is InChI=1S/C30H40BrN3O3/c1-7-8-10-22-17-20(2)32-18-23(22)19-33-21(3)26-11-9-12-27(28(26)31)36-25-15-13-24(14-16-25)34-29(35)37-30(4,5)6/h7,9,11-12,17-18,24-25,33H,1,3,8,10,13-16,19H2,2,4-6H3,(H,34,35)/t24-,25-. The van der Waals surface area contributed by atoms with Gasteiger partial charge in [0.15, 0.2) is 0 Å². The number of hydrogen-bond donors (Lipinski definition) is 2. The second-order valence-electron chi connectivity index (χ2n) is 10.6.